The number of nitrogens with zero attached hydrogens (tertiary/aromatic N) is 2. The molecule has 1 N–H and O–H groups in total. The molecule has 6 nitrogen and oxygen atoms in total. The number of H-pyrrole nitrogens is 1. The number of pyridine rings is 1. The van der Waals surface area contributed by atoms with Crippen LogP contribution in [-0.2, 0) is 17.1 Å². The van der Waals surface area contributed by atoms with Crippen LogP contribution in [0.3, 0.4) is 0 Å². The summed E-state index contributed by atoms with van der Waals surface area (Å²) in [5.74, 6) is 0.0179. The minimum absolute atomic E-state index is 0.0179. The highest BCUT2D eigenvalue weighted by Gasteiger charge is 2.18. The fraction of sp³-hybridized carbons (Fsp3) is 0.167. The van der Waals surface area contributed by atoms with Gasteiger partial charge in [-0.2, -0.15) is 0 Å². The SMILES string of the molecule is CCS(=O)(=O)n1ccc2cc(Br)c(-c3cn(C)c(=O)c4[nH]ccc34)cc21. The predicted molar refractivity (Wildman–Crippen MR) is 107 cm³/mol. The molecule has 0 aliphatic carbocycles. The van der Waals surface area contributed by atoms with Crippen molar-refractivity contribution in [1.29, 1.82) is 0 Å². The first-order valence-electron chi connectivity index (χ1n) is 8.04. The van der Waals surface area contributed by atoms with E-state index in [1.807, 2.05) is 18.2 Å². The van der Waals surface area contributed by atoms with Crippen LogP contribution < -0.4 is 5.56 Å². The second kappa shape index (κ2) is 5.85. The minimum atomic E-state index is -3.40. The average Bonchev–Trinajstić information content (AvgIpc) is 3.24. The zero-order chi connectivity index (χ0) is 18.6. The van der Waals surface area contributed by atoms with Gasteiger partial charge in [-0.05, 0) is 31.2 Å². The molecule has 4 aromatic rings. The molecule has 3 aromatic heterocycles. The van der Waals surface area contributed by atoms with Crippen LogP contribution in [0.15, 0.2) is 52.1 Å². The summed E-state index contributed by atoms with van der Waals surface area (Å²) < 4.78 is 28.4. The number of aromatic amines is 1. The van der Waals surface area contributed by atoms with Crippen LogP contribution >= 0.6 is 15.9 Å². The molecule has 0 aliphatic heterocycles. The lowest BCUT2D eigenvalue weighted by Gasteiger charge is -2.11. The fourth-order valence-corrected chi connectivity index (χ4v) is 4.76. The Morgan fingerprint density at radius 2 is 1.96 bits per heavy atom. The average molecular weight is 434 g/mol. The van der Waals surface area contributed by atoms with Crippen LogP contribution in [0.1, 0.15) is 6.92 Å². The van der Waals surface area contributed by atoms with E-state index in [4.69, 9.17) is 0 Å². The van der Waals surface area contributed by atoms with E-state index in [0.717, 1.165) is 26.4 Å². The smallest absolute Gasteiger partial charge is 0.274 e. The Morgan fingerprint density at radius 3 is 2.69 bits per heavy atom. The summed E-state index contributed by atoms with van der Waals surface area (Å²) in [5.41, 5.74) is 2.70. The minimum Gasteiger partial charge on any atom is -0.357 e. The molecule has 0 saturated carbocycles. The van der Waals surface area contributed by atoms with Crippen LogP contribution in [-0.4, -0.2) is 27.7 Å². The van der Waals surface area contributed by atoms with Gasteiger partial charge in [0, 0.05) is 52.0 Å². The third kappa shape index (κ3) is 2.44. The number of rotatable bonds is 3. The fourth-order valence-electron chi connectivity index (χ4n) is 3.20. The Kier molecular flexibility index (Phi) is 3.85. The van der Waals surface area contributed by atoms with E-state index in [1.54, 1.807) is 38.6 Å². The summed E-state index contributed by atoms with van der Waals surface area (Å²) in [4.78, 5) is 15.3. The standard InChI is InChI=1S/C18H16BrN3O3S/c1-3-26(24,25)22-7-5-11-8-15(19)13(9-16(11)22)14-10-21(2)18(23)17-12(14)4-6-20-17/h4-10,20H,3H2,1-2H3. The van der Waals surface area contributed by atoms with Crippen molar-refractivity contribution in [2.75, 3.05) is 5.75 Å². The number of fused-ring (bicyclic) bond motifs is 2. The molecule has 0 radical (unpaired) electrons. The highest BCUT2D eigenvalue weighted by atomic mass is 79.9. The highest BCUT2D eigenvalue weighted by molar-refractivity contribution is 9.10. The van der Waals surface area contributed by atoms with Gasteiger partial charge in [0.15, 0.2) is 0 Å². The van der Waals surface area contributed by atoms with E-state index in [9.17, 15) is 13.2 Å². The van der Waals surface area contributed by atoms with Gasteiger partial charge in [-0.1, -0.05) is 15.9 Å². The number of nitrogens with one attached hydrogen (secondary N) is 1. The molecule has 0 bridgehead atoms. The Labute approximate surface area is 158 Å². The van der Waals surface area contributed by atoms with Crippen molar-refractivity contribution in [2.45, 2.75) is 6.92 Å². The first-order valence-corrected chi connectivity index (χ1v) is 10.4. The summed E-state index contributed by atoms with van der Waals surface area (Å²) in [6.45, 7) is 1.62. The van der Waals surface area contributed by atoms with Gasteiger partial charge in [0.1, 0.15) is 5.52 Å². The number of hydrogen-bond donors (Lipinski definition) is 1. The van der Waals surface area contributed by atoms with E-state index in [1.165, 1.54) is 8.54 Å². The number of hydrogen-bond acceptors (Lipinski definition) is 3. The third-order valence-electron chi connectivity index (χ3n) is 4.59. The van der Waals surface area contributed by atoms with Crippen LogP contribution in [0.25, 0.3) is 32.9 Å². The van der Waals surface area contributed by atoms with Crippen LogP contribution in [0.5, 0.6) is 0 Å². The molecule has 0 saturated heterocycles. The van der Waals surface area contributed by atoms with Crippen molar-refractivity contribution in [3.8, 4) is 11.1 Å². The van der Waals surface area contributed by atoms with Gasteiger partial charge in [-0.3, -0.25) is 4.79 Å². The lowest BCUT2D eigenvalue weighted by atomic mass is 10.0. The molecule has 0 amide bonds. The molecular weight excluding hydrogens is 418 g/mol. The quantitative estimate of drug-likeness (QED) is 0.537. The Bertz CT molecular complexity index is 1330. The lowest BCUT2D eigenvalue weighted by Crippen LogP contribution is -2.16. The molecular formula is C18H16BrN3O3S. The predicted octanol–water partition coefficient (Wildman–Crippen LogP) is 3.45. The highest BCUT2D eigenvalue weighted by Crippen LogP contribution is 2.36. The third-order valence-corrected chi connectivity index (χ3v) is 6.90. The summed E-state index contributed by atoms with van der Waals surface area (Å²) in [6.07, 6.45) is 5.07. The topological polar surface area (TPSA) is 76.9 Å². The largest absolute Gasteiger partial charge is 0.357 e. The van der Waals surface area contributed by atoms with Gasteiger partial charge in [0.2, 0.25) is 10.0 Å². The number of halogens is 1. The normalized spacial score (nSPS) is 12.3. The van der Waals surface area contributed by atoms with E-state index >= 15 is 0 Å². The summed E-state index contributed by atoms with van der Waals surface area (Å²) in [7, 11) is -1.70. The van der Waals surface area contributed by atoms with Gasteiger partial charge >= 0.3 is 0 Å². The first-order chi connectivity index (χ1) is 12.3. The van der Waals surface area contributed by atoms with Crippen molar-refractivity contribution < 1.29 is 8.42 Å². The number of aryl methyl sites for hydroxylation is 1. The van der Waals surface area contributed by atoms with Crippen LogP contribution in [0.2, 0.25) is 0 Å². The maximum atomic E-state index is 12.4. The summed E-state index contributed by atoms with van der Waals surface area (Å²) >= 11 is 3.59. The molecule has 1 aromatic carbocycles. The van der Waals surface area contributed by atoms with Crippen molar-refractivity contribution in [3.05, 3.63) is 57.7 Å². The molecule has 0 unspecified atom stereocenters. The molecule has 8 heteroatoms. The van der Waals surface area contributed by atoms with E-state index in [-0.39, 0.29) is 11.3 Å². The van der Waals surface area contributed by atoms with Crippen molar-refractivity contribution in [2.24, 2.45) is 7.05 Å². The van der Waals surface area contributed by atoms with Crippen molar-refractivity contribution in [1.82, 2.24) is 13.5 Å². The first kappa shape index (κ1) is 17.1. The van der Waals surface area contributed by atoms with Crippen molar-refractivity contribution in [3.63, 3.8) is 0 Å². The van der Waals surface area contributed by atoms with Gasteiger partial charge in [0.25, 0.3) is 5.56 Å². The summed E-state index contributed by atoms with van der Waals surface area (Å²) in [6, 6.07) is 7.38. The molecule has 0 atom stereocenters. The molecule has 4 rings (SSSR count). The molecule has 0 aliphatic rings. The molecule has 0 spiro atoms. The lowest BCUT2D eigenvalue weighted by molar-refractivity contribution is 0.590. The number of benzene rings is 1. The van der Waals surface area contributed by atoms with E-state index in [0.29, 0.717) is 11.0 Å². The van der Waals surface area contributed by atoms with Gasteiger partial charge in [-0.25, -0.2) is 12.4 Å². The second-order valence-corrected chi connectivity index (χ2v) is 9.12. The maximum absolute atomic E-state index is 12.4. The molecule has 3 heterocycles. The molecule has 26 heavy (non-hydrogen) atoms. The van der Waals surface area contributed by atoms with Crippen molar-refractivity contribution >= 4 is 47.8 Å². The van der Waals surface area contributed by atoms with Crippen LogP contribution in [0.4, 0.5) is 0 Å². The zero-order valence-corrected chi connectivity index (χ0v) is 16.6. The Morgan fingerprint density at radius 1 is 1.19 bits per heavy atom. The molecule has 134 valence electrons. The van der Waals surface area contributed by atoms with Gasteiger partial charge < -0.3 is 9.55 Å². The van der Waals surface area contributed by atoms with E-state index < -0.39 is 10.0 Å². The molecule has 0 fully saturated rings. The van der Waals surface area contributed by atoms with E-state index in [2.05, 4.69) is 20.9 Å². The van der Waals surface area contributed by atoms with Gasteiger partial charge in [0.05, 0.1) is 11.3 Å². The van der Waals surface area contributed by atoms with Crippen LogP contribution in [0, 0.1) is 0 Å². The van der Waals surface area contributed by atoms with Gasteiger partial charge in [-0.15, -0.1) is 0 Å². The number of aromatic nitrogens is 3. The Hall–Kier alpha value is -2.32. The second-order valence-electron chi connectivity index (χ2n) is 6.13. The maximum Gasteiger partial charge on any atom is 0.274 e. The monoisotopic (exact) mass is 433 g/mol. The Balaban J connectivity index is 2.09. The summed E-state index contributed by atoms with van der Waals surface area (Å²) in [5, 5.41) is 1.62. The zero-order valence-electron chi connectivity index (χ0n) is 14.2.